The van der Waals surface area contributed by atoms with E-state index in [1.165, 1.54) is 0 Å². The van der Waals surface area contributed by atoms with Gasteiger partial charge in [0.05, 0.1) is 23.9 Å². The molecule has 1 N–H and O–H groups in total. The third-order valence-corrected chi connectivity index (χ3v) is 5.89. The van der Waals surface area contributed by atoms with Gasteiger partial charge in [-0.2, -0.15) is 0 Å². The first-order valence-corrected chi connectivity index (χ1v) is 10.6. The summed E-state index contributed by atoms with van der Waals surface area (Å²) in [6.07, 6.45) is 8.59. The van der Waals surface area contributed by atoms with E-state index in [9.17, 15) is 4.79 Å². The normalized spacial score (nSPS) is 15.8. The number of hydrogen-bond acceptors (Lipinski definition) is 3. The van der Waals surface area contributed by atoms with Gasteiger partial charge in [0.1, 0.15) is 0 Å². The Balaban J connectivity index is 1.81. The van der Waals surface area contributed by atoms with Crippen LogP contribution in [-0.4, -0.2) is 17.5 Å². The number of nitrogens with one attached hydrogen (secondary N) is 1. The van der Waals surface area contributed by atoms with Crippen molar-refractivity contribution < 1.29 is 9.53 Å². The van der Waals surface area contributed by atoms with E-state index in [0.29, 0.717) is 23.2 Å². The molecule has 0 unspecified atom stereocenters. The Hall–Kier alpha value is -2.07. The zero-order chi connectivity index (χ0) is 20.0. The maximum absolute atomic E-state index is 13.4. The number of nitrogens with zero attached hydrogens (tertiary/aromatic N) is 1. The number of benzene rings is 1. The van der Waals surface area contributed by atoms with Crippen molar-refractivity contribution in [3.05, 3.63) is 52.7 Å². The lowest BCUT2D eigenvalue weighted by Crippen LogP contribution is -2.42. The van der Waals surface area contributed by atoms with Crippen LogP contribution in [0.5, 0.6) is 5.88 Å². The number of halogens is 1. The highest BCUT2D eigenvalue weighted by atomic mass is 35.5. The van der Waals surface area contributed by atoms with Crippen LogP contribution in [0.2, 0.25) is 5.02 Å². The monoisotopic (exact) mass is 400 g/mol. The highest BCUT2D eigenvalue weighted by Gasteiger charge is 2.42. The van der Waals surface area contributed by atoms with Crippen LogP contribution in [0.1, 0.15) is 63.0 Å². The smallest absolute Gasteiger partial charge is 0.235 e. The Kier molecular flexibility index (Phi) is 6.95. The Morgan fingerprint density at radius 1 is 1.25 bits per heavy atom. The topological polar surface area (TPSA) is 51.2 Å². The molecule has 0 spiro atoms. The van der Waals surface area contributed by atoms with Crippen LogP contribution < -0.4 is 10.1 Å². The van der Waals surface area contributed by atoms with Crippen LogP contribution in [-0.2, 0) is 10.2 Å². The molecule has 0 atom stereocenters. The number of anilines is 1. The van der Waals surface area contributed by atoms with Crippen molar-refractivity contribution in [2.75, 3.05) is 11.9 Å². The summed E-state index contributed by atoms with van der Waals surface area (Å²) in [7, 11) is 0. The van der Waals surface area contributed by atoms with Crippen molar-refractivity contribution in [1.29, 1.82) is 0 Å². The van der Waals surface area contributed by atoms with Gasteiger partial charge in [0, 0.05) is 10.6 Å². The molecule has 2 aromatic rings. The van der Waals surface area contributed by atoms with Crippen LogP contribution in [0.15, 0.2) is 36.5 Å². The first-order valence-electron chi connectivity index (χ1n) is 10.2. The Morgan fingerprint density at radius 2 is 2.00 bits per heavy atom. The minimum Gasteiger partial charge on any atom is -0.477 e. The van der Waals surface area contributed by atoms with Gasteiger partial charge in [-0.3, -0.25) is 4.79 Å². The van der Waals surface area contributed by atoms with E-state index in [1.807, 2.05) is 37.3 Å². The molecule has 150 valence electrons. The van der Waals surface area contributed by atoms with Gasteiger partial charge in [-0.25, -0.2) is 4.98 Å². The van der Waals surface area contributed by atoms with Crippen LogP contribution in [0.3, 0.4) is 0 Å². The average molecular weight is 401 g/mol. The summed E-state index contributed by atoms with van der Waals surface area (Å²) in [6.45, 7) is 4.74. The van der Waals surface area contributed by atoms with Crippen LogP contribution in [0.4, 0.5) is 5.69 Å². The third kappa shape index (κ3) is 4.49. The number of pyridine rings is 1. The predicted octanol–water partition coefficient (Wildman–Crippen LogP) is 6.06. The number of carbonyl (C=O) groups is 1. The molecule has 0 saturated heterocycles. The standard InChI is InChI=1S/C23H29ClN2O2/c1-3-4-14-28-21-17(2)15-18(16-25-21)26-22(27)23(12-8-5-9-13-23)19-10-6-7-11-20(19)24/h6-7,10-11,15-16H,3-5,8-9,12-14H2,1-2H3,(H,26,27). The molecule has 1 amide bonds. The second-order valence-electron chi connectivity index (χ2n) is 7.62. The maximum Gasteiger partial charge on any atom is 0.235 e. The number of unbranched alkanes of at least 4 members (excludes halogenated alkanes) is 1. The Morgan fingerprint density at radius 3 is 2.68 bits per heavy atom. The summed E-state index contributed by atoms with van der Waals surface area (Å²) in [5.41, 5.74) is 1.96. The zero-order valence-electron chi connectivity index (χ0n) is 16.8. The second-order valence-corrected chi connectivity index (χ2v) is 8.03. The Bertz CT molecular complexity index is 816. The molecule has 1 saturated carbocycles. The number of hydrogen-bond donors (Lipinski definition) is 1. The largest absolute Gasteiger partial charge is 0.477 e. The molecular formula is C23H29ClN2O2. The number of ether oxygens (including phenoxy) is 1. The number of amides is 1. The summed E-state index contributed by atoms with van der Waals surface area (Å²) in [5, 5.41) is 3.76. The number of carbonyl (C=O) groups excluding carboxylic acids is 1. The van der Waals surface area contributed by atoms with E-state index in [-0.39, 0.29) is 5.91 Å². The fourth-order valence-corrected chi connectivity index (χ4v) is 4.29. The lowest BCUT2D eigenvalue weighted by molar-refractivity contribution is -0.122. The highest BCUT2D eigenvalue weighted by Crippen LogP contribution is 2.43. The SMILES string of the molecule is CCCCOc1ncc(NC(=O)C2(c3ccccc3Cl)CCCCC2)cc1C. The predicted molar refractivity (Wildman–Crippen MR) is 114 cm³/mol. The summed E-state index contributed by atoms with van der Waals surface area (Å²) in [6, 6.07) is 9.65. The molecule has 1 aromatic carbocycles. The summed E-state index contributed by atoms with van der Waals surface area (Å²) in [5.74, 6) is 0.631. The van der Waals surface area contributed by atoms with Crippen LogP contribution >= 0.6 is 11.6 Å². The van der Waals surface area contributed by atoms with Gasteiger partial charge in [-0.05, 0) is 43.9 Å². The van der Waals surface area contributed by atoms with Gasteiger partial charge in [-0.15, -0.1) is 0 Å². The van der Waals surface area contributed by atoms with Crippen molar-refractivity contribution in [2.24, 2.45) is 0 Å². The fraction of sp³-hybridized carbons (Fsp3) is 0.478. The highest BCUT2D eigenvalue weighted by molar-refractivity contribution is 6.31. The van der Waals surface area contributed by atoms with E-state index < -0.39 is 5.41 Å². The van der Waals surface area contributed by atoms with E-state index in [4.69, 9.17) is 16.3 Å². The fourth-order valence-electron chi connectivity index (χ4n) is 3.97. The van der Waals surface area contributed by atoms with Gasteiger partial charge in [-0.1, -0.05) is 62.4 Å². The van der Waals surface area contributed by atoms with Crippen molar-refractivity contribution in [3.8, 4) is 5.88 Å². The summed E-state index contributed by atoms with van der Waals surface area (Å²) in [4.78, 5) is 17.8. The van der Waals surface area contributed by atoms with Crippen molar-refractivity contribution in [2.45, 2.75) is 64.2 Å². The maximum atomic E-state index is 13.4. The first kappa shape index (κ1) is 20.7. The van der Waals surface area contributed by atoms with E-state index >= 15 is 0 Å². The molecule has 28 heavy (non-hydrogen) atoms. The van der Waals surface area contributed by atoms with E-state index in [0.717, 1.165) is 56.1 Å². The van der Waals surface area contributed by atoms with Gasteiger partial charge in [0.15, 0.2) is 0 Å². The molecule has 1 aliphatic carbocycles. The number of aromatic nitrogens is 1. The average Bonchev–Trinajstić information content (AvgIpc) is 2.70. The summed E-state index contributed by atoms with van der Waals surface area (Å²) < 4.78 is 5.72. The first-order chi connectivity index (χ1) is 13.6. The molecule has 1 aliphatic rings. The number of rotatable bonds is 7. The van der Waals surface area contributed by atoms with Crippen molar-refractivity contribution >= 4 is 23.2 Å². The van der Waals surface area contributed by atoms with E-state index in [2.05, 4.69) is 17.2 Å². The quantitative estimate of drug-likeness (QED) is 0.574. The van der Waals surface area contributed by atoms with Crippen LogP contribution in [0, 0.1) is 6.92 Å². The molecule has 1 heterocycles. The zero-order valence-corrected chi connectivity index (χ0v) is 17.5. The van der Waals surface area contributed by atoms with Crippen molar-refractivity contribution in [1.82, 2.24) is 4.98 Å². The van der Waals surface area contributed by atoms with Gasteiger partial charge >= 0.3 is 0 Å². The van der Waals surface area contributed by atoms with Gasteiger partial charge < -0.3 is 10.1 Å². The lowest BCUT2D eigenvalue weighted by atomic mass is 9.68. The van der Waals surface area contributed by atoms with Gasteiger partial charge in [0.2, 0.25) is 11.8 Å². The molecule has 1 aromatic heterocycles. The second kappa shape index (κ2) is 9.42. The molecule has 1 fully saturated rings. The molecule has 3 rings (SSSR count). The molecule has 0 radical (unpaired) electrons. The number of aryl methyl sites for hydroxylation is 1. The van der Waals surface area contributed by atoms with Crippen LogP contribution in [0.25, 0.3) is 0 Å². The molecule has 4 nitrogen and oxygen atoms in total. The minimum atomic E-state index is -0.583. The molecule has 5 heteroatoms. The minimum absolute atomic E-state index is 0.00107. The van der Waals surface area contributed by atoms with Gasteiger partial charge in [0.25, 0.3) is 0 Å². The van der Waals surface area contributed by atoms with E-state index in [1.54, 1.807) is 6.20 Å². The molecular weight excluding hydrogens is 372 g/mol. The molecule has 0 bridgehead atoms. The lowest BCUT2D eigenvalue weighted by Gasteiger charge is -2.37. The third-order valence-electron chi connectivity index (χ3n) is 5.56. The van der Waals surface area contributed by atoms with Crippen molar-refractivity contribution in [3.63, 3.8) is 0 Å². The molecule has 0 aliphatic heterocycles. The Labute approximate surface area is 172 Å². The summed E-state index contributed by atoms with van der Waals surface area (Å²) >= 11 is 6.49.